The smallest absolute Gasteiger partial charge is 0.335 e. The topological polar surface area (TPSA) is 75.1 Å². The first-order chi connectivity index (χ1) is 13.2. The highest BCUT2D eigenvalue weighted by atomic mass is 35.5. The number of carboxylic acid groups (broad SMARTS) is 1. The van der Waals surface area contributed by atoms with Crippen LogP contribution in [0.1, 0.15) is 22.8 Å². The van der Waals surface area contributed by atoms with Crippen molar-refractivity contribution in [3.8, 4) is 11.1 Å². The zero-order chi connectivity index (χ0) is 18.8. The SMILES string of the molecule is CCc1ccc(-c2csc3ncnc(Nc4cccc(C(=O)O)c4)c23)cc1.Cl. The summed E-state index contributed by atoms with van der Waals surface area (Å²) in [5.74, 6) is -0.294. The molecule has 0 radical (unpaired) electrons. The molecule has 0 spiro atoms. The van der Waals surface area contributed by atoms with Crippen LogP contribution in [0.5, 0.6) is 0 Å². The fraction of sp³-hybridized carbons (Fsp3) is 0.0952. The Hall–Kier alpha value is -2.96. The van der Waals surface area contributed by atoms with Gasteiger partial charge in [0.2, 0.25) is 0 Å². The van der Waals surface area contributed by atoms with Gasteiger partial charge in [-0.1, -0.05) is 37.3 Å². The molecule has 0 saturated heterocycles. The van der Waals surface area contributed by atoms with Crippen LogP contribution in [-0.2, 0) is 6.42 Å². The molecule has 0 atom stereocenters. The van der Waals surface area contributed by atoms with Crippen LogP contribution < -0.4 is 5.32 Å². The standard InChI is InChI=1S/C21H17N3O2S.ClH/c1-2-13-6-8-14(9-7-13)17-11-27-20-18(17)19(22-12-23-20)24-16-5-3-4-15(10-16)21(25)26;/h3-12H,2H2,1H3,(H,25,26)(H,22,23,24);1H. The minimum Gasteiger partial charge on any atom is -0.478 e. The summed E-state index contributed by atoms with van der Waals surface area (Å²) in [5, 5.41) is 15.5. The van der Waals surface area contributed by atoms with Crippen LogP contribution in [0.3, 0.4) is 0 Å². The highest BCUT2D eigenvalue weighted by Crippen LogP contribution is 2.37. The molecule has 2 heterocycles. The Balaban J connectivity index is 0.00000225. The van der Waals surface area contributed by atoms with Crippen molar-refractivity contribution in [2.24, 2.45) is 0 Å². The van der Waals surface area contributed by atoms with Gasteiger partial charge < -0.3 is 10.4 Å². The van der Waals surface area contributed by atoms with Crippen LogP contribution in [0.2, 0.25) is 0 Å². The summed E-state index contributed by atoms with van der Waals surface area (Å²) in [6.07, 6.45) is 2.52. The van der Waals surface area contributed by atoms with E-state index in [9.17, 15) is 9.90 Å². The molecule has 0 aliphatic heterocycles. The Morgan fingerprint density at radius 1 is 1.14 bits per heavy atom. The number of aromatic carboxylic acids is 1. The molecule has 4 aromatic rings. The van der Waals surface area contributed by atoms with Crippen LogP contribution >= 0.6 is 23.7 Å². The predicted molar refractivity (Wildman–Crippen MR) is 116 cm³/mol. The Morgan fingerprint density at radius 3 is 2.64 bits per heavy atom. The summed E-state index contributed by atoms with van der Waals surface area (Å²) in [7, 11) is 0. The van der Waals surface area contributed by atoms with E-state index in [0.717, 1.165) is 27.8 Å². The Labute approximate surface area is 172 Å². The number of nitrogens with zero attached hydrogens (tertiary/aromatic N) is 2. The number of benzene rings is 2. The van der Waals surface area contributed by atoms with Gasteiger partial charge in [0.15, 0.2) is 0 Å². The van der Waals surface area contributed by atoms with Crippen LogP contribution in [0.25, 0.3) is 21.3 Å². The van der Waals surface area contributed by atoms with Crippen molar-refractivity contribution >= 4 is 51.4 Å². The van der Waals surface area contributed by atoms with Crippen LogP contribution in [0, 0.1) is 0 Å². The van der Waals surface area contributed by atoms with E-state index >= 15 is 0 Å². The van der Waals surface area contributed by atoms with E-state index in [4.69, 9.17) is 0 Å². The number of nitrogens with one attached hydrogen (secondary N) is 1. The number of anilines is 2. The lowest BCUT2D eigenvalue weighted by Crippen LogP contribution is -1.99. The van der Waals surface area contributed by atoms with E-state index < -0.39 is 5.97 Å². The molecule has 0 bridgehead atoms. The zero-order valence-electron chi connectivity index (χ0n) is 15.0. The van der Waals surface area contributed by atoms with Crippen molar-refractivity contribution in [2.45, 2.75) is 13.3 Å². The van der Waals surface area contributed by atoms with Crippen molar-refractivity contribution in [3.05, 3.63) is 71.4 Å². The molecule has 0 saturated carbocycles. The number of fused-ring (bicyclic) bond motifs is 1. The monoisotopic (exact) mass is 411 g/mol. The zero-order valence-corrected chi connectivity index (χ0v) is 16.7. The Bertz CT molecular complexity index is 1130. The maximum atomic E-state index is 11.2. The lowest BCUT2D eigenvalue weighted by molar-refractivity contribution is 0.0697. The maximum absolute atomic E-state index is 11.2. The third-order valence-corrected chi connectivity index (χ3v) is 5.30. The molecule has 2 aromatic carbocycles. The number of aromatic nitrogens is 2. The Kier molecular flexibility index (Phi) is 5.92. The van der Waals surface area contributed by atoms with E-state index in [0.29, 0.717) is 11.5 Å². The van der Waals surface area contributed by atoms with E-state index in [1.54, 1.807) is 29.5 Å². The largest absolute Gasteiger partial charge is 0.478 e. The quantitative estimate of drug-likeness (QED) is 0.435. The lowest BCUT2D eigenvalue weighted by Gasteiger charge is -2.09. The summed E-state index contributed by atoms with van der Waals surface area (Å²) in [6.45, 7) is 2.14. The third kappa shape index (κ3) is 3.83. The number of hydrogen-bond donors (Lipinski definition) is 2. The van der Waals surface area contributed by atoms with Crippen molar-refractivity contribution in [1.29, 1.82) is 0 Å². The highest BCUT2D eigenvalue weighted by Gasteiger charge is 2.14. The summed E-state index contributed by atoms with van der Waals surface area (Å²) < 4.78 is 0. The summed E-state index contributed by atoms with van der Waals surface area (Å²) in [4.78, 5) is 20.9. The number of carboxylic acids is 1. The van der Waals surface area contributed by atoms with Gasteiger partial charge in [-0.3, -0.25) is 0 Å². The van der Waals surface area contributed by atoms with Crippen molar-refractivity contribution in [3.63, 3.8) is 0 Å². The molecule has 0 aliphatic rings. The first-order valence-corrected chi connectivity index (χ1v) is 9.45. The van der Waals surface area contributed by atoms with Gasteiger partial charge in [0.05, 0.1) is 10.9 Å². The molecule has 0 unspecified atom stereocenters. The second-order valence-corrected chi connectivity index (χ2v) is 6.97. The second kappa shape index (κ2) is 8.37. The second-order valence-electron chi connectivity index (χ2n) is 6.11. The first kappa shape index (κ1) is 19.8. The molecule has 7 heteroatoms. The van der Waals surface area contributed by atoms with Gasteiger partial charge >= 0.3 is 5.97 Å². The third-order valence-electron chi connectivity index (χ3n) is 4.42. The van der Waals surface area contributed by atoms with Gasteiger partial charge in [0.25, 0.3) is 0 Å². The molecule has 142 valence electrons. The molecule has 0 fully saturated rings. The molecule has 0 aliphatic carbocycles. The molecule has 28 heavy (non-hydrogen) atoms. The fourth-order valence-electron chi connectivity index (χ4n) is 2.97. The summed E-state index contributed by atoms with van der Waals surface area (Å²) in [6, 6.07) is 15.2. The molecule has 2 N–H and O–H groups in total. The average Bonchev–Trinajstić information content (AvgIpc) is 3.13. The van der Waals surface area contributed by atoms with Crippen molar-refractivity contribution < 1.29 is 9.90 Å². The van der Waals surface area contributed by atoms with Gasteiger partial charge in [-0.05, 0) is 35.7 Å². The molecule has 0 amide bonds. The minimum atomic E-state index is -0.960. The minimum absolute atomic E-state index is 0. The summed E-state index contributed by atoms with van der Waals surface area (Å²) >= 11 is 1.57. The Morgan fingerprint density at radius 2 is 1.93 bits per heavy atom. The molecule has 4 rings (SSSR count). The predicted octanol–water partition coefficient (Wildman–Crippen LogP) is 5.78. The number of rotatable bonds is 5. The molecule has 2 aromatic heterocycles. The summed E-state index contributed by atoms with van der Waals surface area (Å²) in [5.41, 5.74) is 4.36. The number of halogens is 1. The average molecular weight is 412 g/mol. The van der Waals surface area contributed by atoms with Crippen molar-refractivity contribution in [2.75, 3.05) is 5.32 Å². The highest BCUT2D eigenvalue weighted by molar-refractivity contribution is 7.17. The van der Waals surface area contributed by atoms with Gasteiger partial charge in [-0.2, -0.15) is 0 Å². The lowest BCUT2D eigenvalue weighted by atomic mass is 10.0. The first-order valence-electron chi connectivity index (χ1n) is 8.57. The van der Waals surface area contributed by atoms with E-state index in [1.165, 1.54) is 11.9 Å². The van der Waals surface area contributed by atoms with Crippen molar-refractivity contribution in [1.82, 2.24) is 9.97 Å². The van der Waals surface area contributed by atoms with Crippen LogP contribution in [0.15, 0.2) is 60.2 Å². The van der Waals surface area contributed by atoms with E-state index in [2.05, 4.69) is 51.9 Å². The molecular formula is C21H18ClN3O2S. The van der Waals surface area contributed by atoms with E-state index in [-0.39, 0.29) is 18.0 Å². The number of thiophene rings is 1. The van der Waals surface area contributed by atoms with Gasteiger partial charge in [0, 0.05) is 16.6 Å². The number of hydrogen-bond acceptors (Lipinski definition) is 5. The van der Waals surface area contributed by atoms with Crippen LogP contribution in [-0.4, -0.2) is 21.0 Å². The number of carbonyl (C=O) groups is 1. The maximum Gasteiger partial charge on any atom is 0.335 e. The van der Waals surface area contributed by atoms with Crippen LogP contribution in [0.4, 0.5) is 11.5 Å². The molecular weight excluding hydrogens is 394 g/mol. The van der Waals surface area contributed by atoms with E-state index in [1.807, 2.05) is 6.07 Å². The van der Waals surface area contributed by atoms with Gasteiger partial charge in [0.1, 0.15) is 17.0 Å². The fourth-order valence-corrected chi connectivity index (χ4v) is 3.88. The van der Waals surface area contributed by atoms with Gasteiger partial charge in [-0.15, -0.1) is 23.7 Å². The van der Waals surface area contributed by atoms with Gasteiger partial charge in [-0.25, -0.2) is 14.8 Å². The molecule has 5 nitrogen and oxygen atoms in total. The number of aryl methyl sites for hydroxylation is 1. The normalized spacial score (nSPS) is 10.5.